The Kier molecular flexibility index (Phi) is 25.8. The third kappa shape index (κ3) is 24.5. The Labute approximate surface area is 430 Å². The maximum atomic E-state index is 12.4. The molecule has 0 aliphatic heterocycles. The van der Waals surface area contributed by atoms with Crippen molar-refractivity contribution < 1.29 is 9.59 Å². The number of carbonyl (C=O) groups excluding carboxylic acids is 2. The standard InChI is InChI=1S/C19H27N5O.C15H22ClN3O.C5H8N2.C4H5BrN2.6CH3.2Sn/c1-19(2,3)9-13(25)10-24(5)18-14-7-6-8-15(14)21-17(22-18)16-11-23(4)12-20-16;1-15(2,3)8-10(20)9-19(4)13-11-6-5-7-12(11)17-14(16)18-13;1-5-3-7(2)4-6-5;1-7-2-4(5)6-3-7;;;;;;;;/h11-12H,6-10H2,1-5H3;5-9H2,1-4H3;3-4H,1-2H3;2-3H,1H3;6*1H3;;. The molecular formula is C49H80BrClN12O2Sn2. The van der Waals surface area contributed by atoms with Crippen molar-refractivity contribution >= 4 is 90.3 Å². The summed E-state index contributed by atoms with van der Waals surface area (Å²) in [5.41, 5.74) is 6.34. The number of Topliss-reactive ketones (excluding diaryl/α,β-unsaturated/α-hetero) is 2. The molecule has 0 amide bonds. The fraction of sp³-hybridized carbons (Fsp3) is 0.612. The number of halogens is 2. The topological polar surface area (TPSA) is 146 Å². The first kappa shape index (κ1) is 60.2. The number of likely N-dealkylation sites (N-methyl/N-ethyl adjacent to an activating group) is 2. The van der Waals surface area contributed by atoms with E-state index in [1.807, 2.05) is 84.3 Å². The molecule has 0 N–H and O–H groups in total. The number of aromatic nitrogens is 10. The molecule has 0 atom stereocenters. The number of anilines is 2. The average molecular weight is 1220 g/mol. The summed E-state index contributed by atoms with van der Waals surface area (Å²) in [5.74, 6) is 2.80. The van der Waals surface area contributed by atoms with Crippen LogP contribution in [-0.4, -0.2) is 127 Å². The van der Waals surface area contributed by atoms with E-state index in [1.54, 1.807) is 19.0 Å². The van der Waals surface area contributed by atoms with Gasteiger partial charge in [0.25, 0.3) is 0 Å². The summed E-state index contributed by atoms with van der Waals surface area (Å²) in [6.45, 7) is 15.2. The van der Waals surface area contributed by atoms with E-state index in [2.05, 4.69) is 112 Å². The Morgan fingerprint density at radius 1 is 0.642 bits per heavy atom. The van der Waals surface area contributed by atoms with Gasteiger partial charge < -0.3 is 23.5 Å². The maximum absolute atomic E-state index is 12.4. The first-order valence-corrected chi connectivity index (χ1v) is 41.3. The van der Waals surface area contributed by atoms with Gasteiger partial charge >= 0.3 is 69.2 Å². The number of hydrogen-bond donors (Lipinski definition) is 0. The molecule has 370 valence electrons. The Bertz CT molecular complexity index is 2210. The number of imidazole rings is 3. The molecule has 7 rings (SSSR count). The van der Waals surface area contributed by atoms with Crippen molar-refractivity contribution in [2.24, 2.45) is 32.0 Å². The summed E-state index contributed by atoms with van der Waals surface area (Å²) in [6.07, 6.45) is 18.2. The molecule has 2 radical (unpaired) electrons. The van der Waals surface area contributed by atoms with E-state index in [1.165, 1.54) is 5.56 Å². The number of rotatable bonds is 9. The minimum atomic E-state index is -0.543. The third-order valence-corrected chi connectivity index (χ3v) is 9.82. The van der Waals surface area contributed by atoms with Crippen molar-refractivity contribution in [3.05, 3.63) is 75.7 Å². The van der Waals surface area contributed by atoms with Gasteiger partial charge in [-0.2, -0.15) is 0 Å². The van der Waals surface area contributed by atoms with E-state index >= 15 is 0 Å². The summed E-state index contributed by atoms with van der Waals surface area (Å²) < 4.78 is 6.58. The number of ketones is 2. The van der Waals surface area contributed by atoms with Crippen molar-refractivity contribution in [3.8, 4) is 11.5 Å². The molecule has 67 heavy (non-hydrogen) atoms. The molecule has 2 aliphatic rings. The van der Waals surface area contributed by atoms with Gasteiger partial charge in [0, 0.05) is 83.5 Å². The summed E-state index contributed by atoms with van der Waals surface area (Å²) in [6, 6.07) is 0. The molecule has 0 aromatic carbocycles. The fourth-order valence-corrected chi connectivity index (χ4v) is 7.56. The van der Waals surface area contributed by atoms with Crippen LogP contribution in [0.4, 0.5) is 11.6 Å². The minimum absolute atomic E-state index is 0.00462. The fourth-order valence-electron chi connectivity index (χ4n) is 6.97. The Morgan fingerprint density at radius 2 is 1.06 bits per heavy atom. The number of nitrogens with zero attached hydrogens (tertiary/aromatic N) is 12. The van der Waals surface area contributed by atoms with Crippen molar-refractivity contribution in [1.29, 1.82) is 0 Å². The molecule has 5 aromatic heterocycles. The number of aryl methyl sites for hydroxylation is 6. The van der Waals surface area contributed by atoms with Crippen LogP contribution in [0.15, 0.2) is 42.2 Å². The Morgan fingerprint density at radius 3 is 1.40 bits per heavy atom. The summed E-state index contributed by atoms with van der Waals surface area (Å²) in [7, 11) is 9.67. The molecule has 14 nitrogen and oxygen atoms in total. The van der Waals surface area contributed by atoms with E-state index in [0.717, 1.165) is 83.1 Å². The van der Waals surface area contributed by atoms with Gasteiger partial charge in [0.15, 0.2) is 17.4 Å². The quantitative estimate of drug-likeness (QED) is 0.103. The molecule has 5 aromatic rings. The van der Waals surface area contributed by atoms with Gasteiger partial charge in [-0.1, -0.05) is 41.5 Å². The molecule has 0 spiro atoms. The second-order valence-corrected chi connectivity index (χ2v) is 39.3. The average Bonchev–Trinajstić information content (AvgIpc) is 4.03. The zero-order valence-electron chi connectivity index (χ0n) is 44.0. The zero-order chi connectivity index (χ0) is 50.8. The number of hydrogen-bond acceptors (Lipinski definition) is 11. The van der Waals surface area contributed by atoms with Crippen molar-refractivity contribution in [1.82, 2.24) is 48.6 Å². The van der Waals surface area contributed by atoms with Gasteiger partial charge in [-0.15, -0.1) is 0 Å². The molecule has 2 aliphatic carbocycles. The van der Waals surface area contributed by atoms with Gasteiger partial charge in [-0.3, -0.25) is 9.59 Å². The number of fused-ring (bicyclic) bond motifs is 2. The van der Waals surface area contributed by atoms with Crippen molar-refractivity contribution in [2.75, 3.05) is 37.0 Å². The second kappa shape index (κ2) is 28.7. The van der Waals surface area contributed by atoms with Gasteiger partial charge in [0.2, 0.25) is 5.28 Å². The molecule has 18 heteroatoms. The van der Waals surface area contributed by atoms with Gasteiger partial charge in [-0.25, -0.2) is 34.9 Å². The van der Waals surface area contributed by atoms with Gasteiger partial charge in [0.1, 0.15) is 21.9 Å². The second-order valence-electron chi connectivity index (χ2n) is 21.0. The molecule has 0 saturated carbocycles. The van der Waals surface area contributed by atoms with Gasteiger partial charge in [-0.05, 0) is 83.8 Å². The van der Waals surface area contributed by atoms with Crippen LogP contribution in [0.5, 0.6) is 0 Å². The molecule has 5 heterocycles. The monoisotopic (exact) mass is 1220 g/mol. The Hall–Kier alpha value is -2.90. The van der Waals surface area contributed by atoms with E-state index in [4.69, 9.17) is 21.6 Å². The normalized spacial score (nSPS) is 12.4. The summed E-state index contributed by atoms with van der Waals surface area (Å²) >= 11 is 8.10. The van der Waals surface area contributed by atoms with Crippen LogP contribution >= 0.6 is 27.5 Å². The SMILES string of the molecule is CN(CC(=O)CC(C)(C)C)c1nc(-c2cn(C)cn2)nc2c1CCC2.CN(CC(=O)CC(C)(C)C)c1nc(Cl)nc2c1CCC2.Cc1cn(C)cn1.Cn1cnc(Br)c1.[CH3][Sn]([CH3])[CH3].[CH3][Sn]([CH3])[CH3]. The third-order valence-electron chi connectivity index (χ3n) is 9.24. The predicted molar refractivity (Wildman–Crippen MR) is 286 cm³/mol. The first-order valence-electron chi connectivity index (χ1n) is 23.0. The van der Waals surface area contributed by atoms with Crippen LogP contribution in [0.1, 0.15) is 95.4 Å². The summed E-state index contributed by atoms with van der Waals surface area (Å²) in [4.78, 5) is 72.9. The molecular weight excluding hydrogens is 1140 g/mol. The van der Waals surface area contributed by atoms with Crippen LogP contribution in [0.3, 0.4) is 0 Å². The summed E-state index contributed by atoms with van der Waals surface area (Å²) in [5, 5.41) is 0.274. The molecule has 0 saturated heterocycles. The van der Waals surface area contributed by atoms with E-state index in [-0.39, 0.29) is 27.7 Å². The van der Waals surface area contributed by atoms with Crippen LogP contribution in [0.2, 0.25) is 34.9 Å². The zero-order valence-corrected chi connectivity index (χ0v) is 52.0. The predicted octanol–water partition coefficient (Wildman–Crippen LogP) is 10.5. The van der Waals surface area contributed by atoms with Crippen LogP contribution in [0, 0.1) is 17.8 Å². The van der Waals surface area contributed by atoms with E-state index in [0.29, 0.717) is 31.8 Å². The van der Waals surface area contributed by atoms with Crippen LogP contribution < -0.4 is 9.80 Å². The molecule has 0 unspecified atom stereocenters. The molecule has 0 bridgehead atoms. The van der Waals surface area contributed by atoms with Gasteiger partial charge in [0.05, 0.1) is 43.5 Å². The van der Waals surface area contributed by atoms with Crippen LogP contribution in [0.25, 0.3) is 11.5 Å². The van der Waals surface area contributed by atoms with Crippen molar-refractivity contribution in [3.63, 3.8) is 0 Å². The van der Waals surface area contributed by atoms with Crippen LogP contribution in [-0.2, 0) is 56.4 Å². The molecule has 0 fully saturated rings. The Balaban J connectivity index is 0.000000321. The van der Waals surface area contributed by atoms with Crippen molar-refractivity contribution in [2.45, 2.75) is 129 Å². The van der Waals surface area contributed by atoms with E-state index < -0.39 is 39.5 Å². The number of carbonyl (C=O) groups is 2. The van der Waals surface area contributed by atoms with E-state index in [9.17, 15) is 9.59 Å². The first-order chi connectivity index (χ1) is 31.0.